The second-order valence-corrected chi connectivity index (χ2v) is 5.60. The molecular weight excluding hydrogens is 292 g/mol. The molecule has 0 spiro atoms. The van der Waals surface area contributed by atoms with Crippen LogP contribution in [-0.4, -0.2) is 51.1 Å². The summed E-state index contributed by atoms with van der Waals surface area (Å²) in [5, 5.41) is 4.55. The predicted molar refractivity (Wildman–Crippen MR) is 80.9 cm³/mol. The smallest absolute Gasteiger partial charge is 0.159 e. The fourth-order valence-corrected chi connectivity index (χ4v) is 2.97. The number of alkyl halides is 1. The third-order valence-electron chi connectivity index (χ3n) is 3.77. The molecule has 1 atom stereocenters. The molecule has 2 aromatic heterocycles. The van der Waals surface area contributed by atoms with E-state index in [9.17, 15) is 0 Å². The van der Waals surface area contributed by atoms with E-state index in [1.165, 1.54) is 0 Å². The van der Waals surface area contributed by atoms with Gasteiger partial charge in [0.1, 0.15) is 11.3 Å². The van der Waals surface area contributed by atoms with E-state index < -0.39 is 0 Å². The van der Waals surface area contributed by atoms with E-state index in [-0.39, 0.29) is 6.10 Å². The SMILES string of the molecule is CCn1nc(C)c2nc(CCCl)n(CC3COCCO3)c21. The number of nitrogens with zero attached hydrogens (tertiary/aromatic N) is 4. The Labute approximate surface area is 129 Å². The Bertz CT molecular complexity index is 616. The van der Waals surface area contributed by atoms with Crippen LogP contribution in [0.5, 0.6) is 0 Å². The zero-order valence-electron chi connectivity index (χ0n) is 12.5. The van der Waals surface area contributed by atoms with E-state index in [1.807, 2.05) is 11.6 Å². The molecule has 1 aliphatic heterocycles. The minimum absolute atomic E-state index is 0.0609. The van der Waals surface area contributed by atoms with E-state index in [2.05, 4.69) is 16.6 Å². The average Bonchev–Trinajstić information content (AvgIpc) is 3.00. The molecular formula is C14H21ClN4O2. The Morgan fingerprint density at radius 2 is 2.24 bits per heavy atom. The minimum Gasteiger partial charge on any atom is -0.376 e. The highest BCUT2D eigenvalue weighted by Crippen LogP contribution is 2.22. The number of halogens is 1. The minimum atomic E-state index is 0.0609. The van der Waals surface area contributed by atoms with Crippen LogP contribution in [0.25, 0.3) is 11.2 Å². The summed E-state index contributed by atoms with van der Waals surface area (Å²) in [6.07, 6.45) is 0.804. The molecule has 0 bridgehead atoms. The summed E-state index contributed by atoms with van der Waals surface area (Å²) in [5.74, 6) is 1.55. The van der Waals surface area contributed by atoms with Crippen molar-refractivity contribution in [2.75, 3.05) is 25.7 Å². The van der Waals surface area contributed by atoms with Gasteiger partial charge < -0.3 is 14.0 Å². The Morgan fingerprint density at radius 1 is 1.38 bits per heavy atom. The number of hydrogen-bond donors (Lipinski definition) is 0. The second-order valence-electron chi connectivity index (χ2n) is 5.22. The summed E-state index contributed by atoms with van der Waals surface area (Å²) >= 11 is 5.93. The highest BCUT2D eigenvalue weighted by atomic mass is 35.5. The maximum Gasteiger partial charge on any atom is 0.159 e. The van der Waals surface area contributed by atoms with Gasteiger partial charge in [0.15, 0.2) is 5.65 Å². The van der Waals surface area contributed by atoms with Gasteiger partial charge in [-0.15, -0.1) is 11.6 Å². The normalized spacial score (nSPS) is 19.5. The van der Waals surface area contributed by atoms with Gasteiger partial charge in [0.05, 0.1) is 38.2 Å². The molecule has 0 aliphatic carbocycles. The summed E-state index contributed by atoms with van der Waals surface area (Å²) in [7, 11) is 0. The number of aryl methyl sites for hydroxylation is 3. The average molecular weight is 313 g/mol. The van der Waals surface area contributed by atoms with E-state index >= 15 is 0 Å². The first-order valence-corrected chi connectivity index (χ1v) is 7.95. The number of imidazole rings is 1. The highest BCUT2D eigenvalue weighted by Gasteiger charge is 2.22. The molecule has 0 aromatic carbocycles. The number of fused-ring (bicyclic) bond motifs is 1. The predicted octanol–water partition coefficient (Wildman–Crippen LogP) is 1.76. The monoisotopic (exact) mass is 312 g/mol. The van der Waals surface area contributed by atoms with Crippen molar-refractivity contribution in [3.63, 3.8) is 0 Å². The molecule has 116 valence electrons. The lowest BCUT2D eigenvalue weighted by molar-refractivity contribution is -0.0935. The Balaban J connectivity index is 2.01. The summed E-state index contributed by atoms with van der Waals surface area (Å²) < 4.78 is 15.5. The standard InChI is InChI=1S/C14H21ClN4O2/c1-3-19-14-13(10(2)17-19)16-12(4-5-15)18(14)8-11-9-20-6-7-21-11/h11H,3-9H2,1-2H3. The third kappa shape index (κ3) is 2.80. The zero-order chi connectivity index (χ0) is 14.8. The first kappa shape index (κ1) is 14.8. The quantitative estimate of drug-likeness (QED) is 0.789. The molecule has 2 aromatic rings. The van der Waals surface area contributed by atoms with Crippen LogP contribution in [-0.2, 0) is 29.0 Å². The van der Waals surface area contributed by atoms with Crippen LogP contribution < -0.4 is 0 Å². The summed E-state index contributed by atoms with van der Waals surface area (Å²) in [4.78, 5) is 4.73. The van der Waals surface area contributed by atoms with Crippen LogP contribution in [0.3, 0.4) is 0 Å². The zero-order valence-corrected chi connectivity index (χ0v) is 13.3. The van der Waals surface area contributed by atoms with Crippen LogP contribution in [0, 0.1) is 6.92 Å². The molecule has 0 N–H and O–H groups in total. The van der Waals surface area contributed by atoms with E-state index in [1.54, 1.807) is 0 Å². The van der Waals surface area contributed by atoms with Crippen molar-refractivity contribution in [2.45, 2.75) is 39.5 Å². The van der Waals surface area contributed by atoms with Gasteiger partial charge in [0.2, 0.25) is 0 Å². The molecule has 21 heavy (non-hydrogen) atoms. The molecule has 0 radical (unpaired) electrons. The van der Waals surface area contributed by atoms with Gasteiger partial charge in [-0.25, -0.2) is 9.67 Å². The molecule has 3 rings (SSSR count). The number of rotatable bonds is 5. The lowest BCUT2D eigenvalue weighted by Crippen LogP contribution is -2.33. The molecule has 1 aliphatic rings. The molecule has 1 unspecified atom stereocenters. The van der Waals surface area contributed by atoms with Crippen molar-refractivity contribution in [2.24, 2.45) is 0 Å². The molecule has 0 saturated carbocycles. The number of aromatic nitrogens is 4. The van der Waals surface area contributed by atoms with Crippen molar-refractivity contribution in [3.05, 3.63) is 11.5 Å². The summed E-state index contributed by atoms with van der Waals surface area (Å²) in [6.45, 7) is 7.59. The molecule has 7 heteroatoms. The number of hydrogen-bond acceptors (Lipinski definition) is 4. The molecule has 6 nitrogen and oxygen atoms in total. The second kappa shape index (κ2) is 6.34. The van der Waals surface area contributed by atoms with E-state index in [4.69, 9.17) is 26.1 Å². The number of ether oxygens (including phenoxy) is 2. The van der Waals surface area contributed by atoms with Crippen LogP contribution in [0.4, 0.5) is 0 Å². The van der Waals surface area contributed by atoms with Gasteiger partial charge in [-0.1, -0.05) is 0 Å². The Kier molecular flexibility index (Phi) is 4.47. The largest absolute Gasteiger partial charge is 0.376 e. The summed E-state index contributed by atoms with van der Waals surface area (Å²) in [5.41, 5.74) is 2.99. The fraction of sp³-hybridized carbons (Fsp3) is 0.714. The molecule has 1 saturated heterocycles. The van der Waals surface area contributed by atoms with E-state index in [0.29, 0.717) is 25.7 Å². The van der Waals surface area contributed by atoms with Gasteiger partial charge in [0, 0.05) is 18.8 Å². The van der Waals surface area contributed by atoms with Gasteiger partial charge in [-0.3, -0.25) is 0 Å². The fourth-order valence-electron chi connectivity index (χ4n) is 2.80. The van der Waals surface area contributed by atoms with Gasteiger partial charge >= 0.3 is 0 Å². The lowest BCUT2D eigenvalue weighted by Gasteiger charge is -2.24. The molecule has 3 heterocycles. The van der Waals surface area contributed by atoms with Crippen molar-refractivity contribution in [3.8, 4) is 0 Å². The van der Waals surface area contributed by atoms with Crippen LogP contribution in [0.15, 0.2) is 0 Å². The highest BCUT2D eigenvalue weighted by molar-refractivity contribution is 6.17. The van der Waals surface area contributed by atoms with Crippen molar-refractivity contribution >= 4 is 22.8 Å². The first-order valence-electron chi connectivity index (χ1n) is 7.42. The van der Waals surface area contributed by atoms with Crippen LogP contribution in [0.1, 0.15) is 18.4 Å². The molecule has 0 amide bonds. The van der Waals surface area contributed by atoms with Crippen LogP contribution in [0.2, 0.25) is 0 Å². The Morgan fingerprint density at radius 3 is 2.90 bits per heavy atom. The maximum atomic E-state index is 5.93. The topological polar surface area (TPSA) is 54.1 Å². The van der Waals surface area contributed by atoms with Crippen molar-refractivity contribution in [1.82, 2.24) is 19.3 Å². The molecule has 1 fully saturated rings. The van der Waals surface area contributed by atoms with E-state index in [0.717, 1.165) is 42.2 Å². The van der Waals surface area contributed by atoms with Gasteiger partial charge in [0.25, 0.3) is 0 Å². The maximum absolute atomic E-state index is 5.93. The van der Waals surface area contributed by atoms with Crippen LogP contribution >= 0.6 is 11.6 Å². The summed E-state index contributed by atoms with van der Waals surface area (Å²) in [6, 6.07) is 0. The van der Waals surface area contributed by atoms with Crippen molar-refractivity contribution in [1.29, 1.82) is 0 Å². The van der Waals surface area contributed by atoms with Gasteiger partial charge in [-0.2, -0.15) is 5.10 Å². The van der Waals surface area contributed by atoms with Crippen molar-refractivity contribution < 1.29 is 9.47 Å². The third-order valence-corrected chi connectivity index (χ3v) is 3.96. The first-order chi connectivity index (χ1) is 10.2. The lowest BCUT2D eigenvalue weighted by atomic mass is 10.3. The van der Waals surface area contributed by atoms with Gasteiger partial charge in [-0.05, 0) is 13.8 Å². The Hall–Kier alpha value is -1.11.